The number of carbonyl (C=O) groups excluding carboxylic acids is 7. The average molecular weight is 1040 g/mol. The van der Waals surface area contributed by atoms with Crippen molar-refractivity contribution in [2.75, 3.05) is 37.6 Å². The van der Waals surface area contributed by atoms with Gasteiger partial charge in [0.1, 0.15) is 5.78 Å². The van der Waals surface area contributed by atoms with Gasteiger partial charge in [-0.05, 0) is 18.2 Å². The van der Waals surface area contributed by atoms with Gasteiger partial charge in [0.15, 0.2) is 28.9 Å². The Hall–Kier alpha value is -8.63. The van der Waals surface area contributed by atoms with Crippen LogP contribution in [0.2, 0.25) is 0 Å². The van der Waals surface area contributed by atoms with E-state index in [1.807, 2.05) is 0 Å². The third-order valence-electron chi connectivity index (χ3n) is 12.6. The Morgan fingerprint density at radius 1 is 0.408 bits per heavy atom. The van der Waals surface area contributed by atoms with E-state index in [0.29, 0.717) is 39.9 Å². The Bertz CT molecular complexity index is 2920. The number of ketones is 6. The number of rotatable bonds is 35. The van der Waals surface area contributed by atoms with Gasteiger partial charge in [-0.3, -0.25) is 33.6 Å². The van der Waals surface area contributed by atoms with E-state index < -0.39 is 59.5 Å². The molecule has 6 aromatic heterocycles. The predicted molar refractivity (Wildman–Crippen MR) is 275 cm³/mol. The van der Waals surface area contributed by atoms with Crippen LogP contribution < -0.4 is 43.8 Å². The third kappa shape index (κ3) is 16.7. The van der Waals surface area contributed by atoms with Crippen molar-refractivity contribution in [3.8, 4) is 0 Å². The lowest BCUT2D eigenvalue weighted by Crippen LogP contribution is -2.53. The van der Waals surface area contributed by atoms with Crippen molar-refractivity contribution in [1.29, 1.82) is 0 Å². The molecule has 7 rings (SSSR count). The molecule has 0 saturated heterocycles. The molecule has 0 saturated carbocycles. The molecule has 0 fully saturated rings. The molecule has 6 heterocycles. The third-order valence-corrected chi connectivity index (χ3v) is 12.6. The summed E-state index contributed by atoms with van der Waals surface area (Å²) in [5, 5.41) is 15.1. The monoisotopic (exact) mass is 1040 g/mol. The molecule has 27 heteroatoms. The minimum Gasteiger partial charge on any atom is -0.397 e. The number of amides is 1. The predicted octanol–water partition coefficient (Wildman–Crippen LogP) is -1.90. The summed E-state index contributed by atoms with van der Waals surface area (Å²) in [4.78, 5) is 138. The van der Waals surface area contributed by atoms with Crippen LogP contribution in [0.5, 0.6) is 0 Å². The standard InChI is InChI=1S/C49H62N20O7/c50-35-2-1-28(5-36(35)51)49(76)69-42(11-34-17-58-27-68-34)48(75)21-62-41(10-33-16-57-26-67-33)47(74)20-61-40(9-32-15-56-25-66-32)46(73)19-60-39(8-31-14-55-24-65-31)45(72)18-59-38(7-30-13-54-23-64-30)44(71)4-3-43(70)37(52)6-29-12-53-22-63-29/h1-2,5,12-17,22-27,37-42,59-62H,3-4,6-11,18-21,50-52H2,(H,53,63)(H,54,64)(H,55,65)(H,56,66)(H,57,67)(H,58,68)(H,69,76)/t37-,38-,39-,40-,41-,42-/m0/s1. The summed E-state index contributed by atoms with van der Waals surface area (Å²) in [6, 6.07) is -1.29. The number of carbonyl (C=O) groups is 7. The molecule has 0 radical (unpaired) electrons. The first kappa shape index (κ1) is 55.1. The maximum absolute atomic E-state index is 14.2. The summed E-state index contributed by atoms with van der Waals surface area (Å²) in [5.74, 6) is -2.79. The fourth-order valence-corrected chi connectivity index (χ4v) is 8.22. The molecule has 400 valence electrons. The molecule has 27 nitrogen and oxygen atoms in total. The van der Waals surface area contributed by atoms with Gasteiger partial charge in [-0.15, -0.1) is 0 Å². The second kappa shape index (κ2) is 27.6. The summed E-state index contributed by atoms with van der Waals surface area (Å²) in [5.41, 5.74) is 22.3. The van der Waals surface area contributed by atoms with E-state index >= 15 is 0 Å². The number of nitrogen functional groups attached to an aromatic ring is 2. The minimum atomic E-state index is -1.05. The molecule has 0 aliphatic heterocycles. The lowest BCUT2D eigenvalue weighted by Gasteiger charge is -2.23. The van der Waals surface area contributed by atoms with Crippen LogP contribution >= 0.6 is 0 Å². The Kier molecular flexibility index (Phi) is 20.0. The molecule has 0 aliphatic rings. The molecule has 6 atom stereocenters. The Morgan fingerprint density at radius 2 is 0.724 bits per heavy atom. The molecule has 17 N–H and O–H groups in total. The molecule has 0 spiro atoms. The number of H-pyrrole nitrogens is 6. The van der Waals surface area contributed by atoms with Gasteiger partial charge in [-0.1, -0.05) is 0 Å². The van der Waals surface area contributed by atoms with Crippen molar-refractivity contribution in [3.05, 3.63) is 133 Å². The smallest absolute Gasteiger partial charge is 0.251 e. The molecule has 0 aliphatic carbocycles. The maximum Gasteiger partial charge on any atom is 0.251 e. The fraction of sp³-hybridized carbons (Fsp3) is 0.367. The Labute approximate surface area is 434 Å². The quantitative estimate of drug-likeness (QED) is 0.0193. The van der Waals surface area contributed by atoms with Gasteiger partial charge in [0.2, 0.25) is 0 Å². The normalized spacial score (nSPS) is 13.8. The van der Waals surface area contributed by atoms with Crippen LogP contribution in [0.1, 0.15) is 57.4 Å². The van der Waals surface area contributed by atoms with Gasteiger partial charge < -0.3 is 73.7 Å². The van der Waals surface area contributed by atoms with E-state index in [4.69, 9.17) is 17.2 Å². The Morgan fingerprint density at radius 3 is 1.07 bits per heavy atom. The number of aromatic amines is 6. The summed E-state index contributed by atoms with van der Waals surface area (Å²) < 4.78 is 0. The lowest BCUT2D eigenvalue weighted by molar-refractivity contribution is -0.126. The van der Waals surface area contributed by atoms with Crippen molar-refractivity contribution in [1.82, 2.24) is 86.4 Å². The van der Waals surface area contributed by atoms with Crippen LogP contribution in [0, 0.1) is 0 Å². The second-order valence-electron chi connectivity index (χ2n) is 18.2. The van der Waals surface area contributed by atoms with Crippen LogP contribution in [-0.2, 0) is 67.3 Å². The van der Waals surface area contributed by atoms with Gasteiger partial charge in [0.25, 0.3) is 5.91 Å². The van der Waals surface area contributed by atoms with Crippen LogP contribution in [0.3, 0.4) is 0 Å². The lowest BCUT2D eigenvalue weighted by atomic mass is 9.98. The van der Waals surface area contributed by atoms with Gasteiger partial charge in [-0.25, -0.2) is 29.9 Å². The number of hydrogen-bond donors (Lipinski definition) is 14. The SMILES string of the molecule is Nc1ccc(C(=O)N[C@@H](Cc2cnc[nH]2)C(=O)CN[C@@H](Cc2cnc[nH]2)C(=O)CN[C@@H](Cc2cnc[nH]2)C(=O)CN[C@@H](Cc2cnc[nH]2)C(=O)CN[C@@H](Cc2cnc[nH]2)C(=O)CCC(=O)[C@@H](N)Cc2cnc[nH]2)cc1N. The first-order valence-corrected chi connectivity index (χ1v) is 24.4. The number of nitrogens with one attached hydrogen (secondary N) is 11. The number of nitrogens with two attached hydrogens (primary N) is 3. The molecule has 0 unspecified atom stereocenters. The summed E-state index contributed by atoms with van der Waals surface area (Å²) in [7, 11) is 0. The zero-order valence-electron chi connectivity index (χ0n) is 41.4. The van der Waals surface area contributed by atoms with Crippen LogP contribution in [0.4, 0.5) is 11.4 Å². The zero-order valence-corrected chi connectivity index (χ0v) is 41.4. The maximum atomic E-state index is 14.2. The number of aromatic nitrogens is 12. The van der Waals surface area contributed by atoms with E-state index in [1.165, 1.54) is 62.4 Å². The van der Waals surface area contributed by atoms with Crippen molar-refractivity contribution < 1.29 is 33.6 Å². The highest BCUT2D eigenvalue weighted by molar-refractivity contribution is 6.00. The second-order valence-corrected chi connectivity index (χ2v) is 18.2. The van der Waals surface area contributed by atoms with Crippen LogP contribution in [0.15, 0.2) is 93.3 Å². The van der Waals surface area contributed by atoms with E-state index in [-0.39, 0.29) is 106 Å². The number of hydrogen-bond acceptors (Lipinski definition) is 20. The van der Waals surface area contributed by atoms with Crippen LogP contribution in [-0.4, -0.2) is 163 Å². The average Bonchev–Trinajstić information content (AvgIpc) is 4.28. The van der Waals surface area contributed by atoms with Gasteiger partial charge in [0, 0.05) is 128 Å². The number of anilines is 2. The van der Waals surface area contributed by atoms with Crippen LogP contribution in [0.25, 0.3) is 0 Å². The molecule has 1 aromatic carbocycles. The highest BCUT2D eigenvalue weighted by Gasteiger charge is 2.30. The first-order chi connectivity index (χ1) is 36.8. The number of benzene rings is 1. The largest absolute Gasteiger partial charge is 0.397 e. The molecular weight excluding hydrogens is 981 g/mol. The van der Waals surface area contributed by atoms with Crippen molar-refractivity contribution >= 4 is 52.0 Å². The molecule has 1 amide bonds. The van der Waals surface area contributed by atoms with E-state index in [1.54, 1.807) is 31.0 Å². The van der Waals surface area contributed by atoms with Gasteiger partial charge in [0.05, 0.1) is 112 Å². The Balaban J connectivity index is 0.992. The fourth-order valence-electron chi connectivity index (χ4n) is 8.22. The molecule has 0 bridgehead atoms. The van der Waals surface area contributed by atoms with Crippen molar-refractivity contribution in [2.24, 2.45) is 5.73 Å². The number of Topliss-reactive ketones (excluding diaryl/α,β-unsaturated/α-hetero) is 6. The number of imidazole rings is 6. The summed E-state index contributed by atoms with van der Waals surface area (Å²) >= 11 is 0. The molecular formula is C49H62N20O7. The molecule has 76 heavy (non-hydrogen) atoms. The van der Waals surface area contributed by atoms with E-state index in [9.17, 15) is 33.6 Å². The summed E-state index contributed by atoms with van der Waals surface area (Å²) in [6.07, 6.45) is 18.6. The van der Waals surface area contributed by atoms with E-state index in [0.717, 1.165) is 0 Å². The van der Waals surface area contributed by atoms with Crippen molar-refractivity contribution in [2.45, 2.75) is 87.6 Å². The summed E-state index contributed by atoms with van der Waals surface area (Å²) in [6.45, 7) is -1.28. The van der Waals surface area contributed by atoms with E-state index in [2.05, 4.69) is 86.4 Å². The topological polar surface area (TPSA) is 430 Å². The minimum absolute atomic E-state index is 0.0632. The molecule has 7 aromatic rings. The highest BCUT2D eigenvalue weighted by Crippen LogP contribution is 2.17. The van der Waals surface area contributed by atoms with Crippen molar-refractivity contribution in [3.63, 3.8) is 0 Å². The van der Waals surface area contributed by atoms with Gasteiger partial charge >= 0.3 is 0 Å². The highest BCUT2D eigenvalue weighted by atomic mass is 16.2. The zero-order chi connectivity index (χ0) is 53.8. The number of nitrogens with zero attached hydrogens (tertiary/aromatic N) is 6. The van der Waals surface area contributed by atoms with Gasteiger partial charge in [-0.2, -0.15) is 0 Å². The first-order valence-electron chi connectivity index (χ1n) is 24.4.